The van der Waals surface area contributed by atoms with Crippen molar-refractivity contribution in [3.63, 3.8) is 0 Å². The number of amides is 1. The van der Waals surface area contributed by atoms with E-state index in [9.17, 15) is 4.79 Å². The van der Waals surface area contributed by atoms with Crippen LogP contribution in [0, 0.1) is 5.41 Å². The molecule has 0 aromatic heterocycles. The van der Waals surface area contributed by atoms with E-state index in [-0.39, 0.29) is 17.4 Å². The molecule has 116 valence electrons. The van der Waals surface area contributed by atoms with Crippen LogP contribution in [0.2, 0.25) is 0 Å². The summed E-state index contributed by atoms with van der Waals surface area (Å²) in [6.45, 7) is 6.52. The van der Waals surface area contributed by atoms with Gasteiger partial charge in [-0.2, -0.15) is 0 Å². The van der Waals surface area contributed by atoms with Gasteiger partial charge in [0, 0.05) is 11.6 Å². The van der Waals surface area contributed by atoms with Crippen molar-refractivity contribution < 1.29 is 4.79 Å². The minimum atomic E-state index is 0.00795. The Labute approximate surface area is 133 Å². The Kier molecular flexibility index (Phi) is 5.37. The predicted molar refractivity (Wildman–Crippen MR) is 91.9 cm³/mol. The molecule has 0 aliphatic carbocycles. The first kappa shape index (κ1) is 16.3. The zero-order valence-corrected chi connectivity index (χ0v) is 13.7. The molecule has 1 amide bonds. The molecule has 2 rings (SSSR count). The Hall–Kier alpha value is -2.09. The minimum absolute atomic E-state index is 0.00795. The van der Waals surface area contributed by atoms with Gasteiger partial charge in [-0.25, -0.2) is 0 Å². The molecule has 0 fully saturated rings. The maximum atomic E-state index is 12.4. The lowest BCUT2D eigenvalue weighted by Crippen LogP contribution is -2.44. The molecule has 22 heavy (non-hydrogen) atoms. The Morgan fingerprint density at radius 1 is 0.955 bits per heavy atom. The zero-order valence-electron chi connectivity index (χ0n) is 13.7. The topological polar surface area (TPSA) is 29.1 Å². The van der Waals surface area contributed by atoms with Crippen LogP contribution in [-0.4, -0.2) is 11.9 Å². The van der Waals surface area contributed by atoms with E-state index in [0.29, 0.717) is 0 Å². The largest absolute Gasteiger partial charge is 0.349 e. The molecular weight excluding hydrogens is 270 g/mol. The second-order valence-electron chi connectivity index (χ2n) is 6.78. The van der Waals surface area contributed by atoms with E-state index < -0.39 is 0 Å². The first-order valence-electron chi connectivity index (χ1n) is 7.86. The van der Waals surface area contributed by atoms with Crippen LogP contribution in [0.1, 0.15) is 43.1 Å². The lowest BCUT2D eigenvalue weighted by Gasteiger charge is -2.31. The molecule has 2 aromatic rings. The van der Waals surface area contributed by atoms with Gasteiger partial charge in [0.05, 0.1) is 0 Å². The Balaban J connectivity index is 2.02. The highest BCUT2D eigenvalue weighted by atomic mass is 16.1. The van der Waals surface area contributed by atoms with E-state index in [4.69, 9.17) is 0 Å². The predicted octanol–water partition coefficient (Wildman–Crippen LogP) is 4.46. The summed E-state index contributed by atoms with van der Waals surface area (Å²) in [7, 11) is 0. The molecule has 0 saturated heterocycles. The second-order valence-corrected chi connectivity index (χ2v) is 6.78. The van der Waals surface area contributed by atoms with Crippen molar-refractivity contribution in [3.8, 4) is 0 Å². The van der Waals surface area contributed by atoms with Crippen molar-refractivity contribution in [3.05, 3.63) is 71.8 Å². The molecular formula is C20H25NO. The van der Waals surface area contributed by atoms with Crippen LogP contribution in [0.3, 0.4) is 0 Å². The van der Waals surface area contributed by atoms with Crippen LogP contribution >= 0.6 is 0 Å². The van der Waals surface area contributed by atoms with Crippen LogP contribution in [0.25, 0.3) is 0 Å². The van der Waals surface area contributed by atoms with Gasteiger partial charge in [0.25, 0.3) is 5.91 Å². The third-order valence-electron chi connectivity index (χ3n) is 3.95. The molecule has 0 radical (unpaired) electrons. The highest BCUT2D eigenvalue weighted by Crippen LogP contribution is 2.23. The monoisotopic (exact) mass is 295 g/mol. The molecule has 1 N–H and O–H groups in total. The molecule has 0 spiro atoms. The molecule has 0 heterocycles. The molecule has 2 aromatic carbocycles. The molecule has 2 heteroatoms. The highest BCUT2D eigenvalue weighted by molar-refractivity contribution is 5.94. The van der Waals surface area contributed by atoms with Gasteiger partial charge < -0.3 is 5.32 Å². The van der Waals surface area contributed by atoms with Gasteiger partial charge in [-0.3, -0.25) is 4.79 Å². The van der Waals surface area contributed by atoms with Gasteiger partial charge in [-0.05, 0) is 36.0 Å². The van der Waals surface area contributed by atoms with E-state index >= 15 is 0 Å². The summed E-state index contributed by atoms with van der Waals surface area (Å²) in [4.78, 5) is 12.4. The van der Waals surface area contributed by atoms with Gasteiger partial charge in [-0.15, -0.1) is 0 Å². The van der Waals surface area contributed by atoms with E-state index in [1.54, 1.807) is 0 Å². The summed E-state index contributed by atoms with van der Waals surface area (Å²) in [6.07, 6.45) is 1.91. The summed E-state index contributed by atoms with van der Waals surface area (Å²) in [5.74, 6) is 0.00795. The zero-order chi connectivity index (χ0) is 16.0. The summed E-state index contributed by atoms with van der Waals surface area (Å²) < 4.78 is 0. The average Bonchev–Trinajstić information content (AvgIpc) is 2.52. The van der Waals surface area contributed by atoms with E-state index in [0.717, 1.165) is 18.4 Å². The number of benzene rings is 2. The normalized spacial score (nSPS) is 12.7. The summed E-state index contributed by atoms with van der Waals surface area (Å²) in [6, 6.07) is 20.0. The number of hydrogen-bond donors (Lipinski definition) is 1. The van der Waals surface area contributed by atoms with Crippen LogP contribution in [-0.2, 0) is 6.42 Å². The lowest BCUT2D eigenvalue weighted by atomic mass is 9.83. The Morgan fingerprint density at radius 2 is 1.50 bits per heavy atom. The maximum Gasteiger partial charge on any atom is 0.251 e. The van der Waals surface area contributed by atoms with Crippen molar-refractivity contribution >= 4 is 5.91 Å². The number of carbonyl (C=O) groups is 1. The number of rotatable bonds is 5. The van der Waals surface area contributed by atoms with Gasteiger partial charge >= 0.3 is 0 Å². The quantitative estimate of drug-likeness (QED) is 0.866. The van der Waals surface area contributed by atoms with Crippen molar-refractivity contribution in [2.45, 2.75) is 39.7 Å². The van der Waals surface area contributed by atoms with Gasteiger partial charge in [-0.1, -0.05) is 69.3 Å². The standard InChI is InChI=1S/C20H25NO/c1-20(2,3)18(15-14-16-10-6-4-7-11-16)21-19(22)17-12-8-5-9-13-17/h4-13,18H,14-15H2,1-3H3,(H,21,22)/t18-/m1/s1. The third kappa shape index (κ3) is 4.73. The Morgan fingerprint density at radius 3 is 2.05 bits per heavy atom. The summed E-state index contributed by atoms with van der Waals surface area (Å²) >= 11 is 0. The molecule has 0 saturated carbocycles. The van der Waals surface area contributed by atoms with Crippen molar-refractivity contribution in [1.29, 1.82) is 0 Å². The molecule has 0 bridgehead atoms. The maximum absolute atomic E-state index is 12.4. The molecule has 0 unspecified atom stereocenters. The van der Waals surface area contributed by atoms with Crippen LogP contribution < -0.4 is 5.32 Å². The molecule has 1 atom stereocenters. The van der Waals surface area contributed by atoms with Gasteiger partial charge in [0.15, 0.2) is 0 Å². The second kappa shape index (κ2) is 7.26. The van der Waals surface area contributed by atoms with Crippen LogP contribution in [0.5, 0.6) is 0 Å². The number of carbonyl (C=O) groups excluding carboxylic acids is 1. The highest BCUT2D eigenvalue weighted by Gasteiger charge is 2.26. The lowest BCUT2D eigenvalue weighted by molar-refractivity contribution is 0.0897. The fourth-order valence-corrected chi connectivity index (χ4v) is 2.51. The van der Waals surface area contributed by atoms with Gasteiger partial charge in [0.1, 0.15) is 0 Å². The molecule has 2 nitrogen and oxygen atoms in total. The van der Waals surface area contributed by atoms with Crippen molar-refractivity contribution in [2.75, 3.05) is 0 Å². The molecule has 0 aliphatic rings. The van der Waals surface area contributed by atoms with Crippen LogP contribution in [0.4, 0.5) is 0 Å². The number of nitrogens with one attached hydrogen (secondary N) is 1. The number of aryl methyl sites for hydroxylation is 1. The van der Waals surface area contributed by atoms with E-state index in [2.05, 4.69) is 50.4 Å². The van der Waals surface area contributed by atoms with Crippen LogP contribution in [0.15, 0.2) is 60.7 Å². The minimum Gasteiger partial charge on any atom is -0.349 e. The number of hydrogen-bond acceptors (Lipinski definition) is 1. The average molecular weight is 295 g/mol. The van der Waals surface area contributed by atoms with E-state index in [1.807, 2.05) is 36.4 Å². The summed E-state index contributed by atoms with van der Waals surface area (Å²) in [5, 5.41) is 3.20. The smallest absolute Gasteiger partial charge is 0.251 e. The third-order valence-corrected chi connectivity index (χ3v) is 3.95. The van der Waals surface area contributed by atoms with Crippen molar-refractivity contribution in [1.82, 2.24) is 5.32 Å². The fraction of sp³-hybridized carbons (Fsp3) is 0.350. The first-order valence-corrected chi connectivity index (χ1v) is 7.86. The fourth-order valence-electron chi connectivity index (χ4n) is 2.51. The first-order chi connectivity index (χ1) is 10.5. The van der Waals surface area contributed by atoms with E-state index in [1.165, 1.54) is 5.56 Å². The SMILES string of the molecule is CC(C)(C)[C@@H](CCc1ccccc1)NC(=O)c1ccccc1. The molecule has 0 aliphatic heterocycles. The van der Waals surface area contributed by atoms with Gasteiger partial charge in [0.2, 0.25) is 0 Å². The van der Waals surface area contributed by atoms with Crippen molar-refractivity contribution in [2.24, 2.45) is 5.41 Å². The Bertz CT molecular complexity index is 584. The summed E-state index contributed by atoms with van der Waals surface area (Å²) in [5.41, 5.74) is 2.06.